The first-order valence-corrected chi connectivity index (χ1v) is 11.6. The third-order valence-electron chi connectivity index (χ3n) is 6.22. The number of carbonyl (C=O) groups is 2. The van der Waals surface area contributed by atoms with Crippen molar-refractivity contribution in [2.45, 2.75) is 24.7 Å². The molecule has 1 atom stereocenters. The summed E-state index contributed by atoms with van der Waals surface area (Å²) in [6.45, 7) is 1.18. The Hall–Kier alpha value is -2.88. The van der Waals surface area contributed by atoms with Crippen LogP contribution in [0.3, 0.4) is 0 Å². The molecule has 1 unspecified atom stereocenters. The van der Waals surface area contributed by atoms with Gasteiger partial charge in [0.25, 0.3) is 3.90 Å². The van der Waals surface area contributed by atoms with E-state index in [4.69, 9.17) is 9.15 Å². The number of likely N-dealkylation sites (tertiary alicyclic amines) is 1. The number of carboxylic acid groups (broad SMARTS) is 1. The average Bonchev–Trinajstić information content (AvgIpc) is 3.36. The molecule has 1 N–H and O–H groups in total. The third kappa shape index (κ3) is 3.76. The number of ether oxygens (including phenoxy) is 1. The molecule has 0 saturated carbocycles. The fourth-order valence-corrected chi connectivity index (χ4v) is 5.26. The average molecular weight is 544 g/mol. The van der Waals surface area contributed by atoms with Gasteiger partial charge >= 0.3 is 12.1 Å². The Morgan fingerprint density at radius 1 is 1.12 bits per heavy atom. The molecule has 2 aliphatic rings. The second-order valence-electron chi connectivity index (χ2n) is 8.07. The predicted octanol–water partition coefficient (Wildman–Crippen LogP) is 5.11. The minimum absolute atomic E-state index is 0.00130. The zero-order valence-corrected chi connectivity index (χ0v) is 19.3. The first kappa shape index (κ1) is 21.0. The Morgan fingerprint density at radius 2 is 1.78 bits per heavy atom. The van der Waals surface area contributed by atoms with Crippen molar-refractivity contribution in [3.05, 3.63) is 75.0 Å². The van der Waals surface area contributed by atoms with E-state index >= 15 is 0 Å². The number of carbonyl (C=O) groups excluding carboxylic acids is 1. The van der Waals surface area contributed by atoms with Crippen LogP contribution in [0.5, 0.6) is 0 Å². The van der Waals surface area contributed by atoms with Gasteiger partial charge < -0.3 is 19.2 Å². The summed E-state index contributed by atoms with van der Waals surface area (Å²) in [5, 5.41) is 9.42. The van der Waals surface area contributed by atoms with Crippen LogP contribution in [0.25, 0.3) is 11.1 Å². The van der Waals surface area contributed by atoms with Crippen LogP contribution >= 0.6 is 22.6 Å². The maximum absolute atomic E-state index is 12.9. The molecule has 8 heteroatoms. The van der Waals surface area contributed by atoms with Crippen LogP contribution in [0.1, 0.15) is 52.1 Å². The molecule has 0 spiro atoms. The molecule has 1 aliphatic heterocycles. The number of aromatic carboxylic acids is 1. The molecule has 5 rings (SSSR count). The highest BCUT2D eigenvalue weighted by atomic mass is 127. The SMILES string of the molecule is O=C(O)c1nc(I)oc1C1CCCN(C(=O)OCC2c3ccccc3-c3ccccc32)C1. The third-order valence-corrected chi connectivity index (χ3v) is 6.68. The van der Waals surface area contributed by atoms with Gasteiger partial charge in [-0.2, -0.15) is 4.98 Å². The summed E-state index contributed by atoms with van der Waals surface area (Å²) in [4.78, 5) is 30.0. The molecule has 0 radical (unpaired) electrons. The second-order valence-corrected chi connectivity index (χ2v) is 9.00. The number of aromatic nitrogens is 1. The lowest BCUT2D eigenvalue weighted by molar-refractivity contribution is 0.0685. The Morgan fingerprint density at radius 3 is 2.44 bits per heavy atom. The van der Waals surface area contributed by atoms with Crippen molar-refractivity contribution in [2.24, 2.45) is 0 Å². The minimum Gasteiger partial charge on any atom is -0.476 e. The number of fused-ring (bicyclic) bond motifs is 3. The van der Waals surface area contributed by atoms with Crippen molar-refractivity contribution in [3.8, 4) is 11.1 Å². The molecule has 1 aromatic heterocycles. The fourth-order valence-electron chi connectivity index (χ4n) is 4.78. The van der Waals surface area contributed by atoms with Gasteiger partial charge in [0.2, 0.25) is 0 Å². The van der Waals surface area contributed by atoms with Crippen molar-refractivity contribution in [2.75, 3.05) is 19.7 Å². The summed E-state index contributed by atoms with van der Waals surface area (Å²) in [6, 6.07) is 16.4. The summed E-state index contributed by atoms with van der Waals surface area (Å²) in [6.07, 6.45) is 1.09. The van der Waals surface area contributed by atoms with E-state index in [0.29, 0.717) is 18.8 Å². The topological polar surface area (TPSA) is 92.9 Å². The van der Waals surface area contributed by atoms with Gasteiger partial charge in [-0.15, -0.1) is 0 Å². The van der Waals surface area contributed by atoms with E-state index < -0.39 is 5.97 Å². The molecule has 0 bridgehead atoms. The number of piperidine rings is 1. The molecular weight excluding hydrogens is 523 g/mol. The van der Waals surface area contributed by atoms with Crippen LogP contribution in [0.4, 0.5) is 4.79 Å². The number of amides is 1. The highest BCUT2D eigenvalue weighted by Gasteiger charge is 2.34. The molecule has 2 heterocycles. The Kier molecular flexibility index (Phi) is 5.62. The normalized spacial score (nSPS) is 17.7. The number of rotatable bonds is 4. The molecule has 2 aromatic carbocycles. The van der Waals surface area contributed by atoms with Crippen molar-refractivity contribution in [1.82, 2.24) is 9.88 Å². The standard InChI is InChI=1S/C24H21IN2O5/c25-23-26-20(22(28)29)21(32-23)14-6-5-11-27(12-14)24(30)31-13-19-17-9-3-1-7-15(17)16-8-2-4-10-18(16)19/h1-4,7-10,14,19H,5-6,11-13H2,(H,28,29). The number of hydrogen-bond donors (Lipinski definition) is 1. The van der Waals surface area contributed by atoms with Gasteiger partial charge in [-0.25, -0.2) is 9.59 Å². The summed E-state index contributed by atoms with van der Waals surface area (Å²) in [7, 11) is 0. The van der Waals surface area contributed by atoms with Crippen LogP contribution in [0.2, 0.25) is 0 Å². The zero-order chi connectivity index (χ0) is 22.2. The summed E-state index contributed by atoms with van der Waals surface area (Å²) in [5.41, 5.74) is 4.63. The quantitative estimate of drug-likeness (QED) is 0.460. The van der Waals surface area contributed by atoms with Crippen LogP contribution < -0.4 is 0 Å². The van der Waals surface area contributed by atoms with Crippen LogP contribution in [0, 0.1) is 3.90 Å². The van der Waals surface area contributed by atoms with Gasteiger partial charge in [-0.05, 0) is 35.1 Å². The molecule has 1 aliphatic carbocycles. The van der Waals surface area contributed by atoms with Crippen molar-refractivity contribution in [1.29, 1.82) is 0 Å². The Balaban J connectivity index is 1.30. The van der Waals surface area contributed by atoms with Gasteiger partial charge in [-0.1, -0.05) is 48.5 Å². The van der Waals surface area contributed by atoms with Crippen LogP contribution in [-0.2, 0) is 4.74 Å². The summed E-state index contributed by atoms with van der Waals surface area (Å²) >= 11 is 1.86. The lowest BCUT2D eigenvalue weighted by atomic mass is 9.94. The number of nitrogens with zero attached hydrogens (tertiary/aromatic N) is 2. The molecule has 3 aromatic rings. The predicted molar refractivity (Wildman–Crippen MR) is 125 cm³/mol. The highest BCUT2D eigenvalue weighted by molar-refractivity contribution is 14.1. The van der Waals surface area contributed by atoms with E-state index in [9.17, 15) is 14.7 Å². The number of benzene rings is 2. The van der Waals surface area contributed by atoms with E-state index in [-0.39, 0.29) is 34.1 Å². The lowest BCUT2D eigenvalue weighted by Crippen LogP contribution is -2.40. The van der Waals surface area contributed by atoms with E-state index in [1.807, 2.05) is 46.9 Å². The van der Waals surface area contributed by atoms with Crippen LogP contribution in [-0.4, -0.2) is 46.7 Å². The molecular formula is C24H21IN2O5. The van der Waals surface area contributed by atoms with Gasteiger partial charge in [0, 0.05) is 47.5 Å². The Labute approximate surface area is 198 Å². The monoisotopic (exact) mass is 544 g/mol. The summed E-state index contributed by atoms with van der Waals surface area (Å²) in [5.74, 6) is -1.00. The lowest BCUT2D eigenvalue weighted by Gasteiger charge is -2.31. The minimum atomic E-state index is -1.12. The highest BCUT2D eigenvalue weighted by Crippen LogP contribution is 2.44. The Bertz CT molecular complexity index is 1150. The molecule has 1 fully saturated rings. The van der Waals surface area contributed by atoms with E-state index in [1.54, 1.807) is 4.90 Å². The number of hydrogen-bond acceptors (Lipinski definition) is 5. The first-order valence-electron chi connectivity index (χ1n) is 10.5. The molecule has 164 valence electrons. The largest absolute Gasteiger partial charge is 0.476 e. The van der Waals surface area contributed by atoms with Crippen molar-refractivity contribution >= 4 is 34.7 Å². The maximum atomic E-state index is 12.9. The molecule has 1 amide bonds. The number of oxazole rings is 1. The van der Waals surface area contributed by atoms with Gasteiger partial charge in [0.1, 0.15) is 12.4 Å². The van der Waals surface area contributed by atoms with Gasteiger partial charge in [0.05, 0.1) is 0 Å². The summed E-state index contributed by atoms with van der Waals surface area (Å²) < 4.78 is 11.6. The number of halogens is 1. The smallest absolute Gasteiger partial charge is 0.409 e. The van der Waals surface area contributed by atoms with E-state index in [0.717, 1.165) is 12.8 Å². The van der Waals surface area contributed by atoms with E-state index in [1.165, 1.54) is 22.3 Å². The zero-order valence-electron chi connectivity index (χ0n) is 17.2. The van der Waals surface area contributed by atoms with Gasteiger partial charge in [-0.3, -0.25) is 0 Å². The van der Waals surface area contributed by atoms with Gasteiger partial charge in [0.15, 0.2) is 5.69 Å². The molecule has 1 saturated heterocycles. The maximum Gasteiger partial charge on any atom is 0.409 e. The molecule has 7 nitrogen and oxygen atoms in total. The fraction of sp³-hybridized carbons (Fsp3) is 0.292. The van der Waals surface area contributed by atoms with E-state index in [2.05, 4.69) is 29.2 Å². The first-order chi connectivity index (χ1) is 15.5. The molecule has 32 heavy (non-hydrogen) atoms. The van der Waals surface area contributed by atoms with Crippen LogP contribution in [0.15, 0.2) is 52.9 Å². The number of carboxylic acids is 1. The van der Waals surface area contributed by atoms with Crippen molar-refractivity contribution in [3.63, 3.8) is 0 Å². The van der Waals surface area contributed by atoms with Crippen molar-refractivity contribution < 1.29 is 23.8 Å². The second kappa shape index (κ2) is 8.57.